The second-order valence-electron chi connectivity index (χ2n) is 5.24. The Morgan fingerprint density at radius 2 is 1.87 bits per heavy atom. The van der Waals surface area contributed by atoms with Gasteiger partial charge in [-0.3, -0.25) is 4.90 Å². The van der Waals surface area contributed by atoms with Gasteiger partial charge in [0.15, 0.2) is 0 Å². The zero-order valence-corrected chi connectivity index (χ0v) is 15.8. The summed E-state index contributed by atoms with van der Waals surface area (Å²) in [6.45, 7) is 3.89. The monoisotopic (exact) mass is 395 g/mol. The number of nitrogens with one attached hydrogen (secondary N) is 1. The molecular formula is C14H16Cl3N3O2S. The van der Waals surface area contributed by atoms with Crippen molar-refractivity contribution in [3.63, 3.8) is 0 Å². The number of urea groups is 1. The summed E-state index contributed by atoms with van der Waals surface area (Å²) < 4.78 is 3.20. The Morgan fingerprint density at radius 1 is 1.30 bits per heavy atom. The van der Waals surface area contributed by atoms with Crippen LogP contribution in [-0.2, 0) is 0 Å². The number of nitrogens with zero attached hydrogens (tertiary/aromatic N) is 2. The molecule has 1 aliphatic rings. The quantitative estimate of drug-likeness (QED) is 0.472. The van der Waals surface area contributed by atoms with Crippen LogP contribution in [0.3, 0.4) is 0 Å². The molecule has 0 spiro atoms. The maximum absolute atomic E-state index is 12.7. The predicted octanol–water partition coefficient (Wildman–Crippen LogP) is 4.12. The Balaban J connectivity index is 2.42. The minimum atomic E-state index is -1.93. The third kappa shape index (κ3) is 3.83. The second kappa shape index (κ2) is 6.99. The van der Waals surface area contributed by atoms with E-state index in [0.29, 0.717) is 16.3 Å². The molecule has 1 aliphatic heterocycles. The smallest absolute Gasteiger partial charge is 0.344 e. The van der Waals surface area contributed by atoms with Gasteiger partial charge < -0.3 is 4.74 Å². The number of alkyl halides is 3. The number of anilines is 1. The molecule has 1 N–H and O–H groups in total. The van der Waals surface area contributed by atoms with Crippen molar-refractivity contribution in [3.8, 4) is 5.75 Å². The molecule has 1 saturated heterocycles. The summed E-state index contributed by atoms with van der Waals surface area (Å²) in [6, 6.07) is 6.49. The fourth-order valence-corrected chi connectivity index (χ4v) is 2.67. The van der Waals surface area contributed by atoms with E-state index in [-0.39, 0.29) is 5.92 Å². The van der Waals surface area contributed by atoms with Crippen LogP contribution in [0.4, 0.5) is 10.5 Å². The molecule has 0 saturated carbocycles. The third-order valence-electron chi connectivity index (χ3n) is 3.35. The highest BCUT2D eigenvalue weighted by Gasteiger charge is 2.48. The lowest BCUT2D eigenvalue weighted by Gasteiger charge is -2.24. The minimum absolute atomic E-state index is 0.0615. The Labute approximate surface area is 155 Å². The molecule has 1 unspecified atom stereocenters. The van der Waals surface area contributed by atoms with Gasteiger partial charge in [-0.05, 0) is 30.2 Å². The summed E-state index contributed by atoms with van der Waals surface area (Å²) in [5.41, 5.74) is 3.50. The van der Waals surface area contributed by atoms with Crippen molar-refractivity contribution in [3.05, 3.63) is 24.3 Å². The topological polar surface area (TPSA) is 44.8 Å². The summed E-state index contributed by atoms with van der Waals surface area (Å²) in [5, 5.41) is 0.946. The zero-order valence-electron chi connectivity index (χ0n) is 12.7. The highest BCUT2D eigenvalue weighted by molar-refractivity contribution is 7.80. The number of carbonyl (C=O) groups excluding carboxylic acids is 1. The molecule has 1 atom stereocenters. The Bertz CT molecular complexity index is 604. The summed E-state index contributed by atoms with van der Waals surface area (Å²) in [5.74, 6) is 0.737. The first-order chi connectivity index (χ1) is 10.7. The number of ether oxygens (including phenoxy) is 1. The largest absolute Gasteiger partial charge is 0.497 e. The Hall–Kier alpha value is -0.790. The van der Waals surface area contributed by atoms with E-state index in [1.807, 2.05) is 13.8 Å². The molecule has 23 heavy (non-hydrogen) atoms. The highest BCUT2D eigenvalue weighted by atomic mass is 35.6. The van der Waals surface area contributed by atoms with Crippen molar-refractivity contribution in [2.75, 3.05) is 12.0 Å². The van der Waals surface area contributed by atoms with Gasteiger partial charge >= 0.3 is 6.03 Å². The van der Waals surface area contributed by atoms with Gasteiger partial charge in [0, 0.05) is 10.6 Å². The number of hydrogen-bond donors (Lipinski definition) is 1. The second-order valence-corrected chi connectivity index (χ2v) is 7.94. The van der Waals surface area contributed by atoms with Crippen LogP contribution in [0, 0.1) is 5.92 Å². The van der Waals surface area contributed by atoms with Crippen LogP contribution in [0.1, 0.15) is 13.8 Å². The third-order valence-corrected chi connectivity index (χ3v) is 4.55. The highest BCUT2D eigenvalue weighted by Crippen LogP contribution is 2.36. The molecule has 1 heterocycles. The average Bonchev–Trinajstić information content (AvgIpc) is 2.84. The van der Waals surface area contributed by atoms with E-state index in [2.05, 4.69) is 5.43 Å². The molecule has 1 fully saturated rings. The van der Waals surface area contributed by atoms with Gasteiger partial charge in [-0.15, -0.1) is 0 Å². The normalized spacial score (nSPS) is 18.7. The molecule has 9 heteroatoms. The fourth-order valence-electron chi connectivity index (χ4n) is 2.14. The molecule has 0 aromatic heterocycles. The lowest BCUT2D eigenvalue weighted by molar-refractivity contribution is 0.201. The predicted molar refractivity (Wildman–Crippen MR) is 97.4 cm³/mol. The first kappa shape index (κ1) is 18.5. The van der Waals surface area contributed by atoms with Crippen molar-refractivity contribution in [1.29, 1.82) is 0 Å². The van der Waals surface area contributed by atoms with E-state index >= 15 is 0 Å². The number of halogens is 3. The van der Waals surface area contributed by atoms with Gasteiger partial charge in [0.1, 0.15) is 11.9 Å². The maximum Gasteiger partial charge on any atom is 0.344 e. The van der Waals surface area contributed by atoms with Gasteiger partial charge in [-0.25, -0.2) is 9.80 Å². The number of benzene rings is 1. The molecule has 0 radical (unpaired) electrons. The van der Waals surface area contributed by atoms with Crippen LogP contribution in [-0.4, -0.2) is 33.1 Å². The van der Waals surface area contributed by atoms with Crippen molar-refractivity contribution < 1.29 is 9.53 Å². The standard InChI is InChI=1S/C14H16Cl3N3O2S/c1-8(2)11(23)12-18-20(14(15,16)17)13(21)19(12)9-4-6-10(22-3)7-5-9/h4-8,12,18H,1-3H3. The molecule has 1 aromatic carbocycles. The van der Waals surface area contributed by atoms with E-state index in [9.17, 15) is 4.79 Å². The van der Waals surface area contributed by atoms with Gasteiger partial charge in [-0.1, -0.05) is 60.9 Å². The van der Waals surface area contributed by atoms with Crippen molar-refractivity contribution in [2.24, 2.45) is 5.92 Å². The molecular weight excluding hydrogens is 381 g/mol. The summed E-state index contributed by atoms with van der Waals surface area (Å²) in [4.78, 5) is 14.8. The van der Waals surface area contributed by atoms with Crippen LogP contribution in [0.25, 0.3) is 0 Å². The van der Waals surface area contributed by atoms with Gasteiger partial charge in [0.25, 0.3) is 3.92 Å². The van der Waals surface area contributed by atoms with E-state index < -0.39 is 16.1 Å². The summed E-state index contributed by atoms with van der Waals surface area (Å²) >= 11 is 23.1. The van der Waals surface area contributed by atoms with Crippen LogP contribution < -0.4 is 15.1 Å². The Morgan fingerprint density at radius 3 is 2.30 bits per heavy atom. The summed E-state index contributed by atoms with van der Waals surface area (Å²) in [6.07, 6.45) is -0.582. The van der Waals surface area contributed by atoms with Crippen molar-refractivity contribution in [2.45, 2.75) is 23.9 Å². The van der Waals surface area contributed by atoms with Gasteiger partial charge in [-0.2, -0.15) is 5.43 Å². The lowest BCUT2D eigenvalue weighted by Crippen LogP contribution is -2.48. The first-order valence-corrected chi connectivity index (χ1v) is 8.35. The zero-order chi connectivity index (χ0) is 17.4. The molecule has 0 aliphatic carbocycles. The van der Waals surface area contributed by atoms with E-state index in [4.69, 9.17) is 51.8 Å². The van der Waals surface area contributed by atoms with Gasteiger partial charge in [0.05, 0.1) is 7.11 Å². The number of hydrazine groups is 1. The molecule has 0 bridgehead atoms. The fraction of sp³-hybridized carbons (Fsp3) is 0.429. The molecule has 1 aromatic rings. The molecule has 2 rings (SSSR count). The minimum Gasteiger partial charge on any atom is -0.497 e. The lowest BCUT2D eigenvalue weighted by atomic mass is 10.1. The first-order valence-electron chi connectivity index (χ1n) is 6.81. The van der Waals surface area contributed by atoms with Crippen LogP contribution >= 0.6 is 47.0 Å². The molecule has 2 amide bonds. The van der Waals surface area contributed by atoms with E-state index in [1.54, 1.807) is 31.4 Å². The molecule has 126 valence electrons. The SMILES string of the molecule is COc1ccc(N2C(=O)N(C(Cl)(Cl)Cl)NC2C(=S)C(C)C)cc1. The maximum atomic E-state index is 12.7. The van der Waals surface area contributed by atoms with E-state index in [0.717, 1.165) is 5.01 Å². The number of carbonyl (C=O) groups is 1. The van der Waals surface area contributed by atoms with Crippen molar-refractivity contribution in [1.82, 2.24) is 10.4 Å². The van der Waals surface area contributed by atoms with Crippen LogP contribution in [0.5, 0.6) is 5.75 Å². The Kier molecular flexibility index (Phi) is 5.63. The van der Waals surface area contributed by atoms with Crippen LogP contribution in [0.15, 0.2) is 24.3 Å². The number of hydrogen-bond acceptors (Lipinski definition) is 4. The summed E-state index contributed by atoms with van der Waals surface area (Å²) in [7, 11) is 1.57. The number of rotatable bonds is 4. The molecule has 5 nitrogen and oxygen atoms in total. The van der Waals surface area contributed by atoms with Crippen molar-refractivity contribution >= 4 is 63.6 Å². The van der Waals surface area contributed by atoms with Gasteiger partial charge in [0.2, 0.25) is 0 Å². The number of thiocarbonyl (C=S) groups is 1. The number of amides is 2. The average molecular weight is 397 g/mol. The number of methoxy groups -OCH3 is 1. The van der Waals surface area contributed by atoms with E-state index in [1.165, 1.54) is 4.90 Å². The van der Waals surface area contributed by atoms with Crippen LogP contribution in [0.2, 0.25) is 0 Å².